The van der Waals surface area contributed by atoms with E-state index in [9.17, 15) is 9.59 Å². The van der Waals surface area contributed by atoms with Crippen LogP contribution < -0.4 is 5.32 Å². The van der Waals surface area contributed by atoms with E-state index in [0.717, 1.165) is 22.3 Å². The number of nitrogens with one attached hydrogen (secondary N) is 1. The van der Waals surface area contributed by atoms with E-state index in [2.05, 4.69) is 39.2 Å². The number of para-hydroxylation sites is 1. The van der Waals surface area contributed by atoms with Crippen molar-refractivity contribution in [2.75, 3.05) is 20.3 Å². The molecular weight excluding hydrogens is 446 g/mol. The lowest BCUT2D eigenvalue weighted by molar-refractivity contribution is -0.146. The third kappa shape index (κ3) is 6.15. The number of rotatable bonds is 9. The van der Waals surface area contributed by atoms with Gasteiger partial charge in [0, 0.05) is 29.7 Å². The lowest BCUT2D eigenvalue weighted by Gasteiger charge is -2.37. The average molecular weight is 482 g/mol. The summed E-state index contributed by atoms with van der Waals surface area (Å²) in [5, 5.41) is 3.99. The van der Waals surface area contributed by atoms with Crippen LogP contribution in [-0.2, 0) is 14.0 Å². The predicted molar refractivity (Wildman–Crippen MR) is 137 cm³/mol. The molecule has 2 aromatic carbocycles. The zero-order valence-corrected chi connectivity index (χ0v) is 21.9. The molecule has 1 atom stereocenters. The Morgan fingerprint density at radius 1 is 1.06 bits per heavy atom. The van der Waals surface area contributed by atoms with Gasteiger partial charge in [-0.2, -0.15) is 0 Å². The van der Waals surface area contributed by atoms with Gasteiger partial charge in [0.2, 0.25) is 0 Å². The number of methoxy groups -OCH3 is 1. The minimum atomic E-state index is -1.99. The number of carbonyl (C=O) groups excluding carboxylic acids is 2. The number of hydrogen-bond acceptors (Lipinski definition) is 5. The molecule has 0 spiro atoms. The second-order valence-corrected chi connectivity index (χ2v) is 14.9. The van der Waals surface area contributed by atoms with Crippen molar-refractivity contribution in [3.05, 3.63) is 60.2 Å². The first kappa shape index (κ1) is 25.7. The van der Waals surface area contributed by atoms with E-state index in [0.29, 0.717) is 25.1 Å². The normalized spacial score (nSPS) is 13.0. The highest BCUT2D eigenvalue weighted by Crippen LogP contribution is 2.37. The van der Waals surface area contributed by atoms with Crippen molar-refractivity contribution in [3.8, 4) is 11.3 Å². The Bertz CT molecular complexity index is 1090. The second kappa shape index (κ2) is 10.6. The third-order valence-corrected chi connectivity index (χ3v) is 11.1. The molecule has 0 fully saturated rings. The van der Waals surface area contributed by atoms with Crippen molar-refractivity contribution in [3.63, 3.8) is 0 Å². The average Bonchev–Trinajstić information content (AvgIpc) is 3.24. The Morgan fingerprint density at radius 3 is 2.35 bits per heavy atom. The summed E-state index contributed by atoms with van der Waals surface area (Å²) in [5.41, 5.74) is 2.28. The molecule has 0 saturated carbocycles. The highest BCUT2D eigenvalue weighted by molar-refractivity contribution is 6.74. The molecule has 0 aliphatic carbocycles. The van der Waals surface area contributed by atoms with Gasteiger partial charge in [0.25, 0.3) is 5.91 Å². The van der Waals surface area contributed by atoms with Gasteiger partial charge >= 0.3 is 5.97 Å². The summed E-state index contributed by atoms with van der Waals surface area (Å²) in [6.45, 7) is 11.4. The Kier molecular flexibility index (Phi) is 7.99. The molecule has 0 unspecified atom stereocenters. The molecule has 6 nitrogen and oxygen atoms in total. The van der Waals surface area contributed by atoms with Crippen LogP contribution >= 0.6 is 0 Å². The van der Waals surface area contributed by atoms with Crippen molar-refractivity contribution in [2.24, 2.45) is 5.92 Å². The maximum atomic E-state index is 12.6. The molecule has 1 aromatic heterocycles. The number of furan rings is 1. The molecule has 7 heteroatoms. The molecule has 0 bridgehead atoms. The maximum Gasteiger partial charge on any atom is 0.311 e. The van der Waals surface area contributed by atoms with Gasteiger partial charge in [-0.15, -0.1) is 0 Å². The van der Waals surface area contributed by atoms with Crippen LogP contribution in [0.3, 0.4) is 0 Å². The summed E-state index contributed by atoms with van der Waals surface area (Å²) in [7, 11) is -0.609. The van der Waals surface area contributed by atoms with E-state index in [1.807, 2.05) is 42.5 Å². The molecule has 0 radical (unpaired) electrons. The van der Waals surface area contributed by atoms with Crippen molar-refractivity contribution in [1.29, 1.82) is 0 Å². The summed E-state index contributed by atoms with van der Waals surface area (Å²) in [6, 6.07) is 17.1. The zero-order chi connectivity index (χ0) is 24.9. The highest BCUT2D eigenvalue weighted by Gasteiger charge is 2.38. The number of ether oxygens (including phenoxy) is 1. The largest absolute Gasteiger partial charge is 0.469 e. The van der Waals surface area contributed by atoms with Crippen molar-refractivity contribution in [1.82, 2.24) is 5.32 Å². The molecule has 3 aromatic rings. The van der Waals surface area contributed by atoms with Crippen LogP contribution in [0.25, 0.3) is 22.3 Å². The van der Waals surface area contributed by atoms with Crippen LogP contribution in [0.15, 0.2) is 59.0 Å². The molecule has 0 aliphatic rings. The summed E-state index contributed by atoms with van der Waals surface area (Å²) in [5.74, 6) is -0.168. The summed E-state index contributed by atoms with van der Waals surface area (Å²) in [6.07, 6.45) is 0.449. The van der Waals surface area contributed by atoms with Gasteiger partial charge in [-0.3, -0.25) is 9.59 Å². The molecule has 0 saturated heterocycles. The lowest BCUT2D eigenvalue weighted by atomic mass is 10.1. The Morgan fingerprint density at radius 2 is 1.74 bits per heavy atom. The van der Waals surface area contributed by atoms with Gasteiger partial charge < -0.3 is 18.9 Å². The number of benzene rings is 2. The number of fused-ring (bicyclic) bond motifs is 1. The van der Waals surface area contributed by atoms with E-state index in [-0.39, 0.29) is 16.9 Å². The van der Waals surface area contributed by atoms with Crippen LogP contribution in [-0.4, -0.2) is 40.5 Å². The van der Waals surface area contributed by atoms with E-state index >= 15 is 0 Å². The van der Waals surface area contributed by atoms with Crippen LogP contribution in [0.1, 0.15) is 37.6 Å². The van der Waals surface area contributed by atoms with Crippen LogP contribution in [0.2, 0.25) is 18.1 Å². The Labute approximate surface area is 202 Å². The Balaban J connectivity index is 1.56. The molecule has 1 heterocycles. The fourth-order valence-corrected chi connectivity index (χ4v) is 4.38. The summed E-state index contributed by atoms with van der Waals surface area (Å²) >= 11 is 0. The highest BCUT2D eigenvalue weighted by atomic mass is 28.4. The first-order chi connectivity index (χ1) is 16.0. The van der Waals surface area contributed by atoms with Gasteiger partial charge in [-0.05, 0) is 48.8 Å². The third-order valence-electron chi connectivity index (χ3n) is 6.62. The van der Waals surface area contributed by atoms with Crippen LogP contribution in [0, 0.1) is 5.92 Å². The fraction of sp³-hybridized carbons (Fsp3) is 0.407. The van der Waals surface area contributed by atoms with Crippen molar-refractivity contribution in [2.45, 2.75) is 45.3 Å². The molecule has 182 valence electrons. The minimum Gasteiger partial charge on any atom is -0.469 e. The van der Waals surface area contributed by atoms with Gasteiger partial charge in [0.1, 0.15) is 11.3 Å². The van der Waals surface area contributed by atoms with E-state index in [1.165, 1.54) is 7.11 Å². The molecule has 34 heavy (non-hydrogen) atoms. The van der Waals surface area contributed by atoms with Gasteiger partial charge in [-0.1, -0.05) is 51.1 Å². The lowest BCUT2D eigenvalue weighted by Crippen LogP contribution is -2.43. The SMILES string of the molecule is COC(=O)[C@@H](CCNC(=O)c1ccc(-c2cc3ccccc3o2)cc1)CO[Si](C)(C)C(C)(C)C. The number of carbonyl (C=O) groups is 2. The van der Waals surface area contributed by atoms with Gasteiger partial charge in [0.15, 0.2) is 8.32 Å². The predicted octanol–water partition coefficient (Wildman–Crippen LogP) is 6.03. The number of hydrogen-bond donors (Lipinski definition) is 1. The molecular formula is C27H35NO5Si. The Hall–Kier alpha value is -2.90. The topological polar surface area (TPSA) is 77.8 Å². The first-order valence-electron chi connectivity index (χ1n) is 11.6. The van der Waals surface area contributed by atoms with Crippen LogP contribution in [0.4, 0.5) is 0 Å². The maximum absolute atomic E-state index is 12.6. The minimum absolute atomic E-state index is 0.0520. The van der Waals surface area contributed by atoms with E-state index < -0.39 is 14.2 Å². The fourth-order valence-electron chi connectivity index (χ4n) is 3.33. The summed E-state index contributed by atoms with van der Waals surface area (Å²) in [4.78, 5) is 24.9. The number of amides is 1. The molecule has 3 rings (SSSR count). The second-order valence-electron chi connectivity index (χ2n) is 10.1. The first-order valence-corrected chi connectivity index (χ1v) is 14.5. The van der Waals surface area contributed by atoms with Crippen molar-refractivity contribution >= 4 is 31.2 Å². The molecule has 0 aliphatic heterocycles. The molecule has 1 amide bonds. The van der Waals surface area contributed by atoms with Crippen molar-refractivity contribution < 1.29 is 23.2 Å². The van der Waals surface area contributed by atoms with Gasteiger partial charge in [0.05, 0.1) is 13.0 Å². The van der Waals surface area contributed by atoms with E-state index in [1.54, 1.807) is 12.1 Å². The quantitative estimate of drug-likeness (QED) is 0.298. The van der Waals surface area contributed by atoms with E-state index in [4.69, 9.17) is 13.6 Å². The smallest absolute Gasteiger partial charge is 0.311 e. The monoisotopic (exact) mass is 481 g/mol. The van der Waals surface area contributed by atoms with Crippen LogP contribution in [0.5, 0.6) is 0 Å². The molecule has 1 N–H and O–H groups in total. The summed E-state index contributed by atoms with van der Waals surface area (Å²) < 4.78 is 17.1. The standard InChI is InChI=1S/C27H35NO5Si/c1-27(2,3)34(5,6)32-18-22(26(30)31-4)15-16-28-25(29)20-13-11-19(12-14-20)24-17-21-9-7-8-10-23(21)33-24/h7-14,17,22H,15-16,18H2,1-6H3,(H,28,29)/t22-/m0/s1. The number of esters is 1. The van der Waals surface area contributed by atoms with Gasteiger partial charge in [-0.25, -0.2) is 0 Å². The zero-order valence-electron chi connectivity index (χ0n) is 20.9.